The minimum atomic E-state index is -1.55. The van der Waals surface area contributed by atoms with Crippen molar-refractivity contribution in [2.75, 3.05) is 26.1 Å². The number of benzene rings is 4. The molecular weight excluding hydrogens is 753 g/mol. The molecule has 0 bridgehead atoms. The molecule has 0 fully saturated rings. The first kappa shape index (κ1) is 47.0. The number of nitriles is 1. The maximum absolute atomic E-state index is 11.9. The number of ether oxygens (including phenoxy) is 2. The summed E-state index contributed by atoms with van der Waals surface area (Å²) in [6.45, 7) is 11.1. The molecule has 3 N–H and O–H groups in total. The van der Waals surface area contributed by atoms with Crippen molar-refractivity contribution in [1.82, 2.24) is 14.2 Å². The Balaban J connectivity index is 0.000000242. The number of aryl methyl sites for hydroxylation is 1. The predicted molar refractivity (Wildman–Crippen MR) is 230 cm³/mol. The molecule has 13 heteroatoms. The van der Waals surface area contributed by atoms with Gasteiger partial charge in [0.05, 0.1) is 33.3 Å². The SMILES string of the molecule is CC(C)N(C(C)C)P(O)OCCC#N.CCCCn1ccc(NC(=O)c2ccccc2)nc1=O.COc1ccc(C(O)(c2ccccc2)c2ccc(OC)cc2)cc1. The maximum atomic E-state index is 11.9. The number of rotatable bonds is 16. The van der Waals surface area contributed by atoms with Gasteiger partial charge in [0.1, 0.15) is 22.9 Å². The highest BCUT2D eigenvalue weighted by molar-refractivity contribution is 7.43. The van der Waals surface area contributed by atoms with E-state index in [1.165, 1.54) is 0 Å². The van der Waals surface area contributed by atoms with Gasteiger partial charge in [-0.3, -0.25) is 9.36 Å². The molecule has 0 aliphatic carbocycles. The number of methoxy groups -OCH3 is 2. The van der Waals surface area contributed by atoms with Crippen LogP contribution < -0.4 is 20.5 Å². The minimum Gasteiger partial charge on any atom is -0.497 e. The van der Waals surface area contributed by atoms with E-state index in [-0.39, 0.29) is 29.5 Å². The van der Waals surface area contributed by atoms with Crippen LogP contribution in [0.3, 0.4) is 0 Å². The van der Waals surface area contributed by atoms with Crippen molar-refractivity contribution >= 4 is 20.3 Å². The van der Waals surface area contributed by atoms with Crippen molar-refractivity contribution in [1.29, 1.82) is 5.26 Å². The summed E-state index contributed by atoms with van der Waals surface area (Å²) in [5, 5.41) is 22.6. The summed E-state index contributed by atoms with van der Waals surface area (Å²) >= 11 is 0. The maximum Gasteiger partial charge on any atom is 0.349 e. The highest BCUT2D eigenvalue weighted by Crippen LogP contribution is 2.40. The average Bonchev–Trinajstić information content (AvgIpc) is 3.24. The number of nitrogens with zero attached hydrogens (tertiary/aromatic N) is 4. The molecule has 0 aliphatic rings. The highest BCUT2D eigenvalue weighted by Gasteiger charge is 2.33. The van der Waals surface area contributed by atoms with E-state index < -0.39 is 14.1 Å². The van der Waals surface area contributed by atoms with E-state index >= 15 is 0 Å². The molecule has 1 amide bonds. The van der Waals surface area contributed by atoms with Crippen LogP contribution in [0, 0.1) is 11.3 Å². The molecule has 0 radical (unpaired) electrons. The van der Waals surface area contributed by atoms with Crippen LogP contribution in [0.2, 0.25) is 0 Å². The molecule has 12 nitrogen and oxygen atoms in total. The summed E-state index contributed by atoms with van der Waals surface area (Å²) in [4.78, 5) is 37.3. The van der Waals surface area contributed by atoms with Gasteiger partial charge in [0.25, 0.3) is 14.4 Å². The molecular formula is C45H56N5O7P. The second-order valence-corrected chi connectivity index (χ2v) is 14.8. The second-order valence-electron chi connectivity index (χ2n) is 13.6. The van der Waals surface area contributed by atoms with Crippen molar-refractivity contribution in [2.45, 2.75) is 78.1 Å². The quantitative estimate of drug-likeness (QED) is 0.0501. The third-order valence-electron chi connectivity index (χ3n) is 8.79. The van der Waals surface area contributed by atoms with Gasteiger partial charge in [0, 0.05) is 30.4 Å². The lowest BCUT2D eigenvalue weighted by molar-refractivity contribution is 0.102. The molecule has 1 heterocycles. The Bertz CT molecular complexity index is 1980. The number of nitrogens with one attached hydrogen (secondary N) is 1. The van der Waals surface area contributed by atoms with Crippen LogP contribution in [0.25, 0.3) is 0 Å². The van der Waals surface area contributed by atoms with E-state index in [9.17, 15) is 19.6 Å². The molecule has 0 saturated carbocycles. The summed E-state index contributed by atoms with van der Waals surface area (Å²) in [5.41, 5.74) is 1.30. The number of amides is 1. The topological polar surface area (TPSA) is 159 Å². The van der Waals surface area contributed by atoms with Crippen LogP contribution >= 0.6 is 8.53 Å². The summed E-state index contributed by atoms with van der Waals surface area (Å²) in [7, 11) is 1.70. The normalized spacial score (nSPS) is 11.4. The average molecular weight is 810 g/mol. The van der Waals surface area contributed by atoms with E-state index in [2.05, 4.69) is 17.2 Å². The summed E-state index contributed by atoms with van der Waals surface area (Å²) in [6.07, 6.45) is 3.92. The van der Waals surface area contributed by atoms with E-state index in [0.717, 1.165) is 41.0 Å². The molecule has 5 rings (SSSR count). The Morgan fingerprint density at radius 2 is 1.34 bits per heavy atom. The zero-order valence-corrected chi connectivity index (χ0v) is 35.3. The minimum absolute atomic E-state index is 0.244. The Morgan fingerprint density at radius 1 is 0.845 bits per heavy atom. The lowest BCUT2D eigenvalue weighted by Crippen LogP contribution is -2.32. The highest BCUT2D eigenvalue weighted by atomic mass is 31.2. The molecule has 1 unspecified atom stereocenters. The van der Waals surface area contributed by atoms with Crippen LogP contribution in [0.1, 0.15) is 80.9 Å². The van der Waals surface area contributed by atoms with Crippen LogP contribution in [-0.2, 0) is 16.7 Å². The fourth-order valence-corrected chi connectivity index (χ4v) is 7.03. The smallest absolute Gasteiger partial charge is 0.349 e. The predicted octanol–water partition coefficient (Wildman–Crippen LogP) is 8.54. The van der Waals surface area contributed by atoms with Gasteiger partial charge in [0.2, 0.25) is 0 Å². The standard InChI is InChI=1S/C21H20O3.C15H17N3O2.C9H19N2O2P/c1-23-19-12-8-17(9-13-19)21(22,16-6-4-3-5-7-16)18-10-14-20(24-2)15-11-18;1-2-3-10-18-11-9-13(17-15(18)20)16-14(19)12-7-5-4-6-8-12;1-8(2)11(9(3)4)14(12)13-7-5-6-10/h3-15,22H,1-2H3;4-9,11H,2-3,10H2,1H3,(H,16,17,19,20);8-9,12H,5,7H2,1-4H3. The zero-order chi connectivity index (χ0) is 42.5. The third-order valence-corrected chi connectivity index (χ3v) is 10.5. The van der Waals surface area contributed by atoms with Crippen molar-refractivity contribution in [2.24, 2.45) is 0 Å². The number of unbranched alkanes of at least 4 members (excludes halogenated alkanes) is 1. The largest absolute Gasteiger partial charge is 0.497 e. The Labute approximate surface area is 343 Å². The number of hydrogen-bond acceptors (Lipinski definition) is 10. The molecule has 58 heavy (non-hydrogen) atoms. The number of aliphatic hydroxyl groups is 1. The van der Waals surface area contributed by atoms with E-state index in [1.54, 1.807) is 55.3 Å². The van der Waals surface area contributed by atoms with Gasteiger partial charge in [-0.2, -0.15) is 10.2 Å². The second kappa shape index (κ2) is 24.4. The lowest BCUT2D eigenvalue weighted by Gasteiger charge is -2.32. The van der Waals surface area contributed by atoms with Gasteiger partial charge >= 0.3 is 5.69 Å². The van der Waals surface area contributed by atoms with Gasteiger partial charge in [-0.1, -0.05) is 86.1 Å². The summed E-state index contributed by atoms with van der Waals surface area (Å²) < 4.78 is 19.1. The molecule has 1 aromatic heterocycles. The van der Waals surface area contributed by atoms with Gasteiger partial charge in [-0.25, -0.2) is 9.46 Å². The van der Waals surface area contributed by atoms with E-state index in [1.807, 2.05) is 123 Å². The number of carbonyl (C=O) groups is 1. The summed E-state index contributed by atoms with van der Waals surface area (Å²) in [5.74, 6) is 1.51. The number of carbonyl (C=O) groups excluding carboxylic acids is 1. The molecule has 1 atom stereocenters. The molecule has 0 aliphatic heterocycles. The fraction of sp³-hybridized carbons (Fsp3) is 0.333. The lowest BCUT2D eigenvalue weighted by atomic mass is 9.80. The van der Waals surface area contributed by atoms with Crippen LogP contribution in [0.15, 0.2) is 126 Å². The molecule has 308 valence electrons. The fourth-order valence-electron chi connectivity index (χ4n) is 5.85. The number of hydrogen-bond donors (Lipinski definition) is 3. The van der Waals surface area contributed by atoms with E-state index in [0.29, 0.717) is 25.1 Å². The number of aromatic nitrogens is 2. The van der Waals surface area contributed by atoms with Crippen molar-refractivity contribution < 1.29 is 28.8 Å². The Hall–Kier alpha value is -5.41. The summed E-state index contributed by atoms with van der Waals surface area (Å²) in [6, 6.07) is 37.5. The number of anilines is 1. The van der Waals surface area contributed by atoms with Gasteiger partial charge < -0.3 is 29.3 Å². The van der Waals surface area contributed by atoms with Gasteiger partial charge in [-0.15, -0.1) is 0 Å². The zero-order valence-electron chi connectivity index (χ0n) is 34.4. The van der Waals surface area contributed by atoms with Gasteiger partial charge in [0.15, 0.2) is 0 Å². The first-order valence-corrected chi connectivity index (χ1v) is 20.3. The molecule has 0 saturated heterocycles. The molecule has 4 aromatic carbocycles. The van der Waals surface area contributed by atoms with Crippen molar-refractivity contribution in [3.8, 4) is 17.6 Å². The van der Waals surface area contributed by atoms with Crippen LogP contribution in [0.5, 0.6) is 11.5 Å². The monoisotopic (exact) mass is 809 g/mol. The molecule has 5 aromatic rings. The molecule has 0 spiro atoms. The van der Waals surface area contributed by atoms with Crippen LogP contribution in [-0.4, -0.2) is 63.0 Å². The van der Waals surface area contributed by atoms with E-state index in [4.69, 9.17) is 19.3 Å². The third kappa shape index (κ3) is 13.9. The van der Waals surface area contributed by atoms with Crippen LogP contribution in [0.4, 0.5) is 5.82 Å². The first-order valence-electron chi connectivity index (χ1n) is 19.2. The van der Waals surface area contributed by atoms with Gasteiger partial charge in [-0.05, 0) is 93.3 Å². The first-order chi connectivity index (χ1) is 27.9. The Morgan fingerprint density at radius 3 is 1.79 bits per heavy atom. The Kier molecular flexibility index (Phi) is 19.7. The van der Waals surface area contributed by atoms with Crippen molar-refractivity contribution in [3.63, 3.8) is 0 Å². The van der Waals surface area contributed by atoms with Crippen molar-refractivity contribution in [3.05, 3.63) is 154 Å².